The number of rotatable bonds is 22. The molecule has 2 aliphatic rings. The lowest BCUT2D eigenvalue weighted by Crippen LogP contribution is -2.31. The number of carbonyl (C=O) groups is 1. The van der Waals surface area contributed by atoms with Crippen LogP contribution in [0.15, 0.2) is 83.4 Å². The monoisotopic (exact) mass is 813 g/mol. The Labute approximate surface area is 333 Å². The van der Waals surface area contributed by atoms with Gasteiger partial charge in [-0.15, -0.1) is 0 Å². The van der Waals surface area contributed by atoms with Crippen LogP contribution in [0.1, 0.15) is 103 Å². The Balaban J connectivity index is 1.62. The minimum atomic E-state index is -4.54. The average molecular weight is 814 g/mol. The van der Waals surface area contributed by atoms with Crippen molar-refractivity contribution in [1.29, 1.82) is 0 Å². The fourth-order valence-corrected chi connectivity index (χ4v) is 9.35. The van der Waals surface area contributed by atoms with Gasteiger partial charge in [-0.3, -0.25) is 9.35 Å². The summed E-state index contributed by atoms with van der Waals surface area (Å²) in [4.78, 5) is 33.1. The maximum absolute atomic E-state index is 13.2. The second kappa shape index (κ2) is 19.9. The predicted molar refractivity (Wildman–Crippen MR) is 219 cm³/mol. The molecule has 2 aliphatic heterocycles. The minimum Gasteiger partial charge on any atom is -0.778 e. The minimum absolute atomic E-state index is 0.0296. The number of allylic oxidation sites excluding steroid dienone is 6. The fraction of sp³-hybridized carbons (Fsp3) is 0.488. The Morgan fingerprint density at radius 3 is 2.53 bits per heavy atom. The van der Waals surface area contributed by atoms with Crippen molar-refractivity contribution in [2.75, 3.05) is 30.8 Å². The molecule has 2 atom stereocenters. The van der Waals surface area contributed by atoms with Crippen molar-refractivity contribution >= 4 is 53.6 Å². The summed E-state index contributed by atoms with van der Waals surface area (Å²) >= 11 is 3.62. The van der Waals surface area contributed by atoms with Gasteiger partial charge in [-0.2, -0.15) is 13.0 Å². The molecule has 2 radical (unpaired) electrons. The number of para-hydroxylation sites is 1. The van der Waals surface area contributed by atoms with Gasteiger partial charge in [-0.05, 0) is 96.1 Å². The van der Waals surface area contributed by atoms with E-state index in [2.05, 4.69) is 78.2 Å². The van der Waals surface area contributed by atoms with Crippen LogP contribution in [0.4, 0.5) is 11.4 Å². The number of thiol groups is 1. The second-order valence-electron chi connectivity index (χ2n) is 14.8. The molecule has 0 bridgehead atoms. The molecule has 0 spiro atoms. The van der Waals surface area contributed by atoms with Crippen molar-refractivity contribution in [3.63, 3.8) is 0 Å². The normalized spacial score (nSPS) is 19.8. The predicted octanol–water partition coefficient (Wildman–Crippen LogP) is 8.18. The molecular weight excluding hydrogens is 758 g/mol. The van der Waals surface area contributed by atoms with Gasteiger partial charge < -0.3 is 23.7 Å². The van der Waals surface area contributed by atoms with Crippen molar-refractivity contribution < 1.29 is 41.2 Å². The molecule has 0 fully saturated rings. The van der Waals surface area contributed by atoms with Crippen LogP contribution >= 0.6 is 20.4 Å². The Morgan fingerprint density at radius 2 is 1.82 bits per heavy atom. The van der Waals surface area contributed by atoms with E-state index < -0.39 is 29.1 Å². The van der Waals surface area contributed by atoms with Gasteiger partial charge in [0, 0.05) is 60.1 Å². The molecule has 300 valence electrons. The van der Waals surface area contributed by atoms with E-state index in [0.29, 0.717) is 44.2 Å². The first-order valence-electron chi connectivity index (χ1n) is 19.0. The van der Waals surface area contributed by atoms with E-state index in [4.69, 9.17) is 11.4 Å². The van der Waals surface area contributed by atoms with E-state index in [1.807, 2.05) is 36.1 Å². The summed E-state index contributed by atoms with van der Waals surface area (Å²) in [5, 5.41) is 0. The van der Waals surface area contributed by atoms with Gasteiger partial charge in [-0.25, -0.2) is 0 Å². The molecule has 55 heavy (non-hydrogen) atoms. The molecule has 2 heterocycles. The Morgan fingerprint density at radius 1 is 1.05 bits per heavy atom. The van der Waals surface area contributed by atoms with Crippen LogP contribution in [0.2, 0.25) is 0 Å². The molecular formula is C41H56N3O8PS2. The van der Waals surface area contributed by atoms with Crippen LogP contribution in [0.25, 0.3) is 0 Å². The lowest BCUT2D eigenvalue weighted by molar-refractivity contribution is -0.438. The quantitative estimate of drug-likeness (QED) is 0.0202. The number of anilines is 1. The largest absolute Gasteiger partial charge is 0.778 e. The van der Waals surface area contributed by atoms with Crippen molar-refractivity contribution in [2.24, 2.45) is 0 Å². The van der Waals surface area contributed by atoms with E-state index in [9.17, 15) is 27.2 Å². The third kappa shape index (κ3) is 11.3. The number of unbranched alkanes of at least 4 members (excludes halogenated alkanes) is 5. The average Bonchev–Trinajstić information content (AvgIpc) is 3.50. The summed E-state index contributed by atoms with van der Waals surface area (Å²) in [6.45, 7) is 15.9. The summed E-state index contributed by atoms with van der Waals surface area (Å²) in [6.07, 6.45) is 15.9. The second-order valence-corrected chi connectivity index (χ2v) is 18.3. The zero-order valence-electron chi connectivity index (χ0n) is 32.4. The van der Waals surface area contributed by atoms with E-state index in [0.717, 1.165) is 37.2 Å². The van der Waals surface area contributed by atoms with E-state index in [-0.39, 0.29) is 35.9 Å². The molecule has 4 rings (SSSR count). The topological polar surface area (TPSA) is 148 Å². The number of hydrogen-bond donors (Lipinski definition) is 3. The molecule has 11 nitrogen and oxygen atoms in total. The third-order valence-electron chi connectivity index (χ3n) is 10.5. The SMILES string of the molecule is [CH]CCCN1\C(=C/C=C/C=C/C2=[N+](CCCCC)c3ccccc3C2(C)C)C(C)(CCP(=O)([O-])OCCCCCC(=O)ONS)c2cc(S(=O)(=O)O)ccc21. The maximum Gasteiger partial charge on any atom is 0.325 e. The molecule has 0 saturated heterocycles. The fourth-order valence-electron chi connectivity index (χ4n) is 7.48. The van der Waals surface area contributed by atoms with Crippen molar-refractivity contribution in [3.05, 3.63) is 96.6 Å². The molecule has 0 aromatic heterocycles. The molecule has 2 N–H and O–H groups in total. The number of hydrogen-bond acceptors (Lipinski definition) is 10. The number of nitrogens with zero attached hydrogens (tertiary/aromatic N) is 2. The first-order valence-corrected chi connectivity index (χ1v) is 22.6. The van der Waals surface area contributed by atoms with Crippen LogP contribution in [-0.2, 0) is 39.7 Å². The van der Waals surface area contributed by atoms with Crippen LogP contribution < -0.4 is 14.7 Å². The smallest absolute Gasteiger partial charge is 0.325 e. The molecule has 2 aromatic carbocycles. The molecule has 2 unspecified atom stereocenters. The highest BCUT2D eigenvalue weighted by Crippen LogP contribution is 2.53. The van der Waals surface area contributed by atoms with Crippen LogP contribution in [0.5, 0.6) is 0 Å². The summed E-state index contributed by atoms with van der Waals surface area (Å²) in [6, 6.07) is 13.0. The van der Waals surface area contributed by atoms with Gasteiger partial charge >= 0.3 is 5.97 Å². The maximum atomic E-state index is 13.2. The van der Waals surface area contributed by atoms with Crippen LogP contribution in [0.3, 0.4) is 0 Å². The highest BCUT2D eigenvalue weighted by Gasteiger charge is 2.45. The van der Waals surface area contributed by atoms with Gasteiger partial charge in [-0.1, -0.05) is 73.9 Å². The lowest BCUT2D eigenvalue weighted by Gasteiger charge is -2.33. The van der Waals surface area contributed by atoms with Crippen molar-refractivity contribution in [2.45, 2.75) is 108 Å². The Hall–Kier alpha value is -3.03. The van der Waals surface area contributed by atoms with E-state index >= 15 is 0 Å². The molecule has 14 heteroatoms. The van der Waals surface area contributed by atoms with E-state index in [1.54, 1.807) is 6.07 Å². The number of benzene rings is 2. The lowest BCUT2D eigenvalue weighted by atomic mass is 9.79. The first kappa shape index (κ1) is 44.7. The van der Waals surface area contributed by atoms with Crippen LogP contribution in [0, 0.1) is 6.92 Å². The molecule has 0 amide bonds. The van der Waals surface area contributed by atoms with Gasteiger partial charge in [0.25, 0.3) is 10.1 Å². The summed E-state index contributed by atoms with van der Waals surface area (Å²) in [5.74, 6) is -0.463. The zero-order valence-corrected chi connectivity index (χ0v) is 35.0. The van der Waals surface area contributed by atoms with E-state index in [1.165, 1.54) is 29.1 Å². The number of fused-ring (bicyclic) bond motifs is 2. The van der Waals surface area contributed by atoms with Crippen molar-refractivity contribution in [3.8, 4) is 0 Å². The molecule has 2 aromatic rings. The Kier molecular flexibility index (Phi) is 16.2. The summed E-state index contributed by atoms with van der Waals surface area (Å²) < 4.78 is 55.5. The van der Waals surface area contributed by atoms with Gasteiger partial charge in [0.15, 0.2) is 5.71 Å². The highest BCUT2D eigenvalue weighted by atomic mass is 32.2. The Bertz CT molecular complexity index is 1940. The summed E-state index contributed by atoms with van der Waals surface area (Å²) in [5.41, 5.74) is 4.66. The van der Waals surface area contributed by atoms with Crippen molar-refractivity contribution in [1.82, 2.24) is 4.89 Å². The first-order chi connectivity index (χ1) is 26.1. The van der Waals surface area contributed by atoms with Gasteiger partial charge in [0.2, 0.25) is 5.69 Å². The highest BCUT2D eigenvalue weighted by molar-refractivity contribution is 7.85. The summed E-state index contributed by atoms with van der Waals surface area (Å²) in [7, 11) is -8.86. The van der Waals surface area contributed by atoms with Gasteiger partial charge in [0.05, 0.1) is 16.9 Å². The third-order valence-corrected chi connectivity index (χ3v) is 12.8. The zero-order chi connectivity index (χ0) is 40.3. The van der Waals surface area contributed by atoms with Crippen LogP contribution in [-0.4, -0.2) is 55.1 Å². The number of nitrogens with one attached hydrogen (secondary N) is 1. The standard InChI is InChI=1S/C41H56N3O8PS2/c1-6-8-17-28-43-35-20-16-15-19-33(35)40(3,4)37(43)21-12-10-13-22-38-41(5,26-30-53(46,47)51-29-18-11-14-23-39(45)52-42-54)34-31-32(55(48,49)50)24-25-36(34)44(38)27-9-7-2/h2,10,12-13,15-16,19-22,24-25,31,42,54H,6-9,11,14,17-18,23,26-30H2,1,3-5H3,(H-,46,47,48,49,50). The van der Waals surface area contributed by atoms with Gasteiger partial charge in [0.1, 0.15) is 14.1 Å². The molecule has 0 saturated carbocycles. The molecule has 0 aliphatic carbocycles. The number of carbonyl (C=O) groups excluding carboxylic acids is 1.